The molecular formula is C18H31IN4O3S. The lowest BCUT2D eigenvalue weighted by Gasteiger charge is -2.42. The zero-order valence-corrected chi connectivity index (χ0v) is 19.4. The molecule has 3 N–H and O–H groups in total. The van der Waals surface area contributed by atoms with Crippen LogP contribution in [0.15, 0.2) is 34.2 Å². The summed E-state index contributed by atoms with van der Waals surface area (Å²) in [7, 11) is 1.50. The molecule has 0 amide bonds. The third-order valence-electron chi connectivity index (χ3n) is 5.07. The molecule has 0 aliphatic heterocycles. The summed E-state index contributed by atoms with van der Waals surface area (Å²) in [6, 6.07) is 6.81. The van der Waals surface area contributed by atoms with Gasteiger partial charge in [-0.05, 0) is 49.4 Å². The standard InChI is InChI=1S/C18H30N4O3S.HI/c1-19-17(22-14-18(9-4-10-18)11-12-25-3)21-13-15-5-7-16(8-6-15)26(23,24)20-2;/h5-8,20H,4,9-14H2,1-3H3,(H2,19,21,22);1H. The van der Waals surface area contributed by atoms with Crippen LogP contribution in [-0.2, 0) is 21.3 Å². The number of ether oxygens (including phenoxy) is 1. The van der Waals surface area contributed by atoms with E-state index in [1.807, 2.05) is 0 Å². The van der Waals surface area contributed by atoms with Crippen molar-refractivity contribution in [3.8, 4) is 0 Å². The Hall–Kier alpha value is -0.910. The number of hydrogen-bond acceptors (Lipinski definition) is 4. The lowest BCUT2D eigenvalue weighted by atomic mass is 9.67. The van der Waals surface area contributed by atoms with Crippen molar-refractivity contribution in [2.24, 2.45) is 10.4 Å². The smallest absolute Gasteiger partial charge is 0.240 e. The fourth-order valence-electron chi connectivity index (χ4n) is 3.09. The maximum absolute atomic E-state index is 11.7. The largest absolute Gasteiger partial charge is 0.385 e. The molecule has 0 radical (unpaired) electrons. The molecule has 1 aromatic carbocycles. The molecule has 0 saturated heterocycles. The maximum Gasteiger partial charge on any atom is 0.240 e. The molecule has 1 fully saturated rings. The third-order valence-corrected chi connectivity index (χ3v) is 6.50. The maximum atomic E-state index is 11.7. The summed E-state index contributed by atoms with van der Waals surface area (Å²) in [6.45, 7) is 2.25. The van der Waals surface area contributed by atoms with E-state index in [1.165, 1.54) is 26.3 Å². The summed E-state index contributed by atoms with van der Waals surface area (Å²) in [4.78, 5) is 4.53. The minimum atomic E-state index is -3.40. The van der Waals surface area contributed by atoms with Crippen LogP contribution >= 0.6 is 24.0 Å². The van der Waals surface area contributed by atoms with Crippen LogP contribution < -0.4 is 15.4 Å². The zero-order chi connectivity index (χ0) is 19.0. The molecule has 0 aromatic heterocycles. The molecule has 0 bridgehead atoms. The fourth-order valence-corrected chi connectivity index (χ4v) is 3.82. The summed E-state index contributed by atoms with van der Waals surface area (Å²) in [6.07, 6.45) is 4.79. The number of nitrogens with zero attached hydrogens (tertiary/aromatic N) is 1. The van der Waals surface area contributed by atoms with Gasteiger partial charge in [0.05, 0.1) is 4.90 Å². The van der Waals surface area contributed by atoms with Crippen LogP contribution in [-0.4, -0.2) is 48.7 Å². The normalized spacial score (nSPS) is 16.2. The number of nitrogens with one attached hydrogen (secondary N) is 3. The zero-order valence-electron chi connectivity index (χ0n) is 16.2. The molecule has 1 aromatic rings. The highest BCUT2D eigenvalue weighted by molar-refractivity contribution is 14.0. The van der Waals surface area contributed by atoms with Crippen molar-refractivity contribution in [2.75, 3.05) is 34.4 Å². The van der Waals surface area contributed by atoms with E-state index in [0.717, 1.165) is 31.1 Å². The van der Waals surface area contributed by atoms with E-state index in [0.29, 0.717) is 12.0 Å². The molecule has 1 saturated carbocycles. The Kier molecular flexibility index (Phi) is 9.99. The lowest BCUT2D eigenvalue weighted by molar-refractivity contribution is 0.0732. The first-order chi connectivity index (χ1) is 12.4. The van der Waals surface area contributed by atoms with Crippen LogP contribution in [0, 0.1) is 5.41 Å². The summed E-state index contributed by atoms with van der Waals surface area (Å²) in [5, 5.41) is 6.69. The van der Waals surface area contributed by atoms with E-state index >= 15 is 0 Å². The minimum absolute atomic E-state index is 0. The fraction of sp³-hybridized carbons (Fsp3) is 0.611. The molecule has 154 valence electrons. The molecule has 0 heterocycles. The van der Waals surface area contributed by atoms with Crippen LogP contribution in [0.3, 0.4) is 0 Å². The van der Waals surface area contributed by atoms with E-state index in [9.17, 15) is 8.42 Å². The summed E-state index contributed by atoms with van der Waals surface area (Å²) in [5.74, 6) is 0.751. The second-order valence-corrected chi connectivity index (χ2v) is 8.61. The van der Waals surface area contributed by atoms with E-state index in [2.05, 4.69) is 20.3 Å². The highest BCUT2D eigenvalue weighted by Gasteiger charge is 2.36. The Morgan fingerprint density at radius 3 is 2.37 bits per heavy atom. The predicted octanol–water partition coefficient (Wildman–Crippen LogP) is 2.08. The molecule has 1 aliphatic rings. The van der Waals surface area contributed by atoms with Crippen molar-refractivity contribution in [2.45, 2.75) is 37.1 Å². The number of rotatable bonds is 9. The number of aliphatic imine (C=N–C) groups is 1. The van der Waals surface area contributed by atoms with Crippen molar-refractivity contribution in [3.05, 3.63) is 29.8 Å². The molecule has 0 atom stereocenters. The van der Waals surface area contributed by atoms with Crippen LogP contribution in [0.5, 0.6) is 0 Å². The third kappa shape index (κ3) is 6.88. The van der Waals surface area contributed by atoms with Crippen LogP contribution in [0.2, 0.25) is 0 Å². The molecule has 27 heavy (non-hydrogen) atoms. The quantitative estimate of drug-likeness (QED) is 0.269. The van der Waals surface area contributed by atoms with E-state index < -0.39 is 10.0 Å². The summed E-state index contributed by atoms with van der Waals surface area (Å²) in [5.41, 5.74) is 1.30. The number of guanidine groups is 1. The number of sulfonamides is 1. The first-order valence-electron chi connectivity index (χ1n) is 8.91. The van der Waals surface area contributed by atoms with Gasteiger partial charge in [0, 0.05) is 33.9 Å². The van der Waals surface area contributed by atoms with E-state index in [4.69, 9.17) is 4.74 Å². The van der Waals surface area contributed by atoms with Crippen molar-refractivity contribution < 1.29 is 13.2 Å². The number of hydrogen-bond donors (Lipinski definition) is 3. The highest BCUT2D eigenvalue weighted by atomic mass is 127. The van der Waals surface area contributed by atoms with Gasteiger partial charge in [-0.15, -0.1) is 24.0 Å². The van der Waals surface area contributed by atoms with Crippen LogP contribution in [0.25, 0.3) is 0 Å². The number of methoxy groups -OCH3 is 1. The Morgan fingerprint density at radius 2 is 1.89 bits per heavy atom. The minimum Gasteiger partial charge on any atom is -0.385 e. The molecule has 7 nitrogen and oxygen atoms in total. The van der Waals surface area contributed by atoms with E-state index in [-0.39, 0.29) is 28.9 Å². The molecular weight excluding hydrogens is 479 g/mol. The van der Waals surface area contributed by atoms with Gasteiger partial charge in [-0.3, -0.25) is 4.99 Å². The lowest BCUT2D eigenvalue weighted by Crippen LogP contribution is -2.46. The van der Waals surface area contributed by atoms with Crippen LogP contribution in [0.4, 0.5) is 0 Å². The molecule has 0 unspecified atom stereocenters. The van der Waals surface area contributed by atoms with Gasteiger partial charge in [0.25, 0.3) is 0 Å². The second-order valence-electron chi connectivity index (χ2n) is 6.73. The first-order valence-corrected chi connectivity index (χ1v) is 10.4. The van der Waals surface area contributed by atoms with Gasteiger partial charge in [-0.25, -0.2) is 13.1 Å². The van der Waals surface area contributed by atoms with Crippen molar-refractivity contribution >= 4 is 40.0 Å². The van der Waals surface area contributed by atoms with E-state index in [1.54, 1.807) is 38.4 Å². The number of halogens is 1. The van der Waals surface area contributed by atoms with Gasteiger partial charge in [-0.2, -0.15) is 0 Å². The Balaban J connectivity index is 0.00000364. The molecule has 0 spiro atoms. The van der Waals surface area contributed by atoms with Gasteiger partial charge in [0.1, 0.15) is 0 Å². The highest BCUT2D eigenvalue weighted by Crippen LogP contribution is 2.43. The Bertz CT molecular complexity index is 704. The van der Waals surface area contributed by atoms with Crippen molar-refractivity contribution in [1.82, 2.24) is 15.4 Å². The molecule has 9 heteroatoms. The second kappa shape index (κ2) is 11.2. The Labute approximate surface area is 179 Å². The summed E-state index contributed by atoms with van der Waals surface area (Å²) < 4.78 is 31.0. The number of benzene rings is 1. The van der Waals surface area contributed by atoms with Crippen molar-refractivity contribution in [3.63, 3.8) is 0 Å². The van der Waals surface area contributed by atoms with Gasteiger partial charge in [0.15, 0.2) is 5.96 Å². The predicted molar refractivity (Wildman–Crippen MR) is 119 cm³/mol. The average Bonchev–Trinajstić information content (AvgIpc) is 2.63. The van der Waals surface area contributed by atoms with Crippen LogP contribution in [0.1, 0.15) is 31.2 Å². The molecule has 2 rings (SSSR count). The Morgan fingerprint density at radius 1 is 1.22 bits per heavy atom. The summed E-state index contributed by atoms with van der Waals surface area (Å²) >= 11 is 0. The SMILES string of the molecule is CN=C(NCc1ccc(S(=O)(=O)NC)cc1)NCC1(CCOC)CCC1.I. The van der Waals surface area contributed by atoms with Gasteiger partial charge in [-0.1, -0.05) is 18.6 Å². The molecule has 1 aliphatic carbocycles. The van der Waals surface area contributed by atoms with Crippen molar-refractivity contribution in [1.29, 1.82) is 0 Å². The first kappa shape index (κ1) is 24.1. The topological polar surface area (TPSA) is 91.8 Å². The van der Waals surface area contributed by atoms with Gasteiger partial charge >= 0.3 is 0 Å². The average molecular weight is 510 g/mol. The van der Waals surface area contributed by atoms with Gasteiger partial charge in [0.2, 0.25) is 10.0 Å². The monoisotopic (exact) mass is 510 g/mol. The van der Waals surface area contributed by atoms with Gasteiger partial charge < -0.3 is 15.4 Å².